The first-order valence-corrected chi connectivity index (χ1v) is 6.67. The van der Waals surface area contributed by atoms with Crippen LogP contribution in [0.1, 0.15) is 18.2 Å². The molecule has 3 heterocycles. The summed E-state index contributed by atoms with van der Waals surface area (Å²) in [6.45, 7) is 1.41. The molecule has 118 valence electrons. The van der Waals surface area contributed by atoms with Crippen LogP contribution < -0.4 is 4.74 Å². The summed E-state index contributed by atoms with van der Waals surface area (Å²) < 4.78 is 49.5. The zero-order chi connectivity index (χ0) is 16.2. The summed E-state index contributed by atoms with van der Waals surface area (Å²) in [5.41, 5.74) is 5.42. The van der Waals surface area contributed by atoms with Gasteiger partial charge in [0.25, 0.3) is 0 Å². The molecule has 0 spiro atoms. The Bertz CT molecular complexity index is 686. The highest BCUT2D eigenvalue weighted by Crippen LogP contribution is 2.53. The molecule has 22 heavy (non-hydrogen) atoms. The molecule has 2 atom stereocenters. The molecular weight excluding hydrogens is 325 g/mol. The van der Waals surface area contributed by atoms with E-state index in [4.69, 9.17) is 21.9 Å². The van der Waals surface area contributed by atoms with Crippen molar-refractivity contribution < 1.29 is 22.6 Å². The van der Waals surface area contributed by atoms with Gasteiger partial charge < -0.3 is 9.47 Å². The average Bonchev–Trinajstić information content (AvgIpc) is 3.19. The minimum Gasteiger partial charge on any atom is -0.489 e. The fourth-order valence-electron chi connectivity index (χ4n) is 2.45. The molecule has 1 aromatic rings. The van der Waals surface area contributed by atoms with E-state index in [1.807, 2.05) is 0 Å². The van der Waals surface area contributed by atoms with Crippen molar-refractivity contribution in [3.05, 3.63) is 32.9 Å². The first kappa shape index (κ1) is 15.2. The van der Waals surface area contributed by atoms with E-state index in [0.29, 0.717) is 5.56 Å². The van der Waals surface area contributed by atoms with Gasteiger partial charge in [-0.15, -0.1) is 0 Å². The van der Waals surface area contributed by atoms with Gasteiger partial charge in [0.15, 0.2) is 10.9 Å². The summed E-state index contributed by atoms with van der Waals surface area (Å²) >= 11 is 5.96. The van der Waals surface area contributed by atoms with E-state index < -0.39 is 23.8 Å². The molecule has 0 amide bonds. The lowest BCUT2D eigenvalue weighted by molar-refractivity contribution is -0.188. The summed E-state index contributed by atoms with van der Waals surface area (Å²) in [5, 5.41) is 3.34. The number of ether oxygens (including phenoxy) is 2. The molecule has 0 saturated carbocycles. The lowest BCUT2D eigenvalue weighted by atomic mass is 9.84. The van der Waals surface area contributed by atoms with E-state index in [2.05, 4.69) is 19.7 Å². The molecule has 1 aromatic heterocycles. The van der Waals surface area contributed by atoms with Crippen LogP contribution in [-0.2, 0) is 15.8 Å². The molecule has 0 aliphatic carbocycles. The first-order chi connectivity index (χ1) is 10.2. The number of aromatic nitrogens is 1. The van der Waals surface area contributed by atoms with E-state index >= 15 is 0 Å². The molecule has 3 rings (SSSR count). The average molecular weight is 335 g/mol. The number of halogens is 4. The summed E-state index contributed by atoms with van der Waals surface area (Å²) in [6.07, 6.45) is -4.59. The van der Waals surface area contributed by atoms with Gasteiger partial charge in [-0.3, -0.25) is 0 Å². The number of hydrogen-bond acceptors (Lipinski definition) is 4. The van der Waals surface area contributed by atoms with Gasteiger partial charge in [-0.05, 0) is 11.6 Å². The number of alkyl halides is 3. The second-order valence-electron chi connectivity index (χ2n) is 5.53. The second kappa shape index (κ2) is 4.65. The zero-order valence-electron chi connectivity index (χ0n) is 11.3. The zero-order valence-corrected chi connectivity index (χ0v) is 12.1. The molecule has 1 saturated heterocycles. The van der Waals surface area contributed by atoms with Gasteiger partial charge in [-0.2, -0.15) is 13.2 Å². The van der Waals surface area contributed by atoms with Crippen molar-refractivity contribution in [1.29, 1.82) is 0 Å². The number of pyridine rings is 1. The van der Waals surface area contributed by atoms with Gasteiger partial charge in [0.2, 0.25) is 5.60 Å². The van der Waals surface area contributed by atoms with Crippen LogP contribution in [0.4, 0.5) is 13.2 Å². The Morgan fingerprint density at radius 2 is 2.18 bits per heavy atom. The van der Waals surface area contributed by atoms with E-state index in [1.165, 1.54) is 6.07 Å². The molecule has 2 aliphatic rings. The van der Waals surface area contributed by atoms with E-state index in [9.17, 15) is 13.2 Å². The van der Waals surface area contributed by atoms with Gasteiger partial charge >= 0.3 is 6.18 Å². The maximum absolute atomic E-state index is 13.2. The Labute approximate surface area is 127 Å². The van der Waals surface area contributed by atoms with Gasteiger partial charge in [-0.25, -0.2) is 4.98 Å². The van der Waals surface area contributed by atoms with Crippen LogP contribution in [0, 0.1) is 0 Å². The molecule has 0 N–H and O–H groups in total. The fraction of sp³-hybridized carbons (Fsp3) is 0.583. The summed E-state index contributed by atoms with van der Waals surface area (Å²) in [7, 11) is 0. The van der Waals surface area contributed by atoms with E-state index in [-0.39, 0.29) is 29.7 Å². The number of rotatable bonds is 3. The number of hydrogen-bond donors (Lipinski definition) is 0. The third-order valence-corrected chi connectivity index (χ3v) is 4.16. The van der Waals surface area contributed by atoms with Gasteiger partial charge in [0.05, 0.1) is 18.9 Å². The van der Waals surface area contributed by atoms with Crippen molar-refractivity contribution in [2.24, 2.45) is 5.11 Å². The Morgan fingerprint density at radius 1 is 1.50 bits per heavy atom. The summed E-state index contributed by atoms with van der Waals surface area (Å²) in [6, 6.07) is 1.28. The predicted molar refractivity (Wildman–Crippen MR) is 69.8 cm³/mol. The molecule has 0 radical (unpaired) electrons. The number of azide groups is 1. The van der Waals surface area contributed by atoms with Crippen LogP contribution in [-0.4, -0.2) is 30.9 Å². The van der Waals surface area contributed by atoms with Crippen LogP contribution >= 0.6 is 11.6 Å². The van der Waals surface area contributed by atoms with Gasteiger partial charge in [0, 0.05) is 22.4 Å². The SMILES string of the molecule is CC1(CN=[N+]=[N-])COc2c1cc([C@@]1(C(F)(F)F)CO1)nc2Cl. The van der Waals surface area contributed by atoms with Crippen LogP contribution in [0.5, 0.6) is 5.75 Å². The smallest absolute Gasteiger partial charge is 0.425 e. The van der Waals surface area contributed by atoms with Crippen LogP contribution in [0.3, 0.4) is 0 Å². The standard InChI is InChI=1S/C12H10ClF3N4O2/c1-10(3-18-20-17)4-21-8-6(10)2-7(19-9(8)13)11(5-22-11)12(14,15)16/h2H,3-5H2,1H3/t10?,11-/m1/s1. The predicted octanol–water partition coefficient (Wildman–Crippen LogP) is 3.48. The van der Waals surface area contributed by atoms with Crippen LogP contribution in [0.2, 0.25) is 5.15 Å². The second-order valence-corrected chi connectivity index (χ2v) is 5.88. The van der Waals surface area contributed by atoms with Crippen molar-refractivity contribution in [1.82, 2.24) is 4.98 Å². The maximum Gasteiger partial charge on any atom is 0.425 e. The van der Waals surface area contributed by atoms with E-state index in [1.54, 1.807) is 6.92 Å². The third-order valence-electron chi connectivity index (χ3n) is 3.90. The Kier molecular flexibility index (Phi) is 3.21. The molecule has 6 nitrogen and oxygen atoms in total. The first-order valence-electron chi connectivity index (χ1n) is 6.29. The normalized spacial score (nSPS) is 29.5. The van der Waals surface area contributed by atoms with Crippen molar-refractivity contribution in [2.75, 3.05) is 19.8 Å². The van der Waals surface area contributed by atoms with Crippen LogP contribution in [0.25, 0.3) is 10.4 Å². The molecular formula is C12H10ClF3N4O2. The quantitative estimate of drug-likeness (QED) is 0.279. The largest absolute Gasteiger partial charge is 0.489 e. The number of fused-ring (bicyclic) bond motifs is 1. The topological polar surface area (TPSA) is 83.4 Å². The van der Waals surface area contributed by atoms with Crippen molar-refractivity contribution in [3.63, 3.8) is 0 Å². The highest BCUT2D eigenvalue weighted by Gasteiger charge is 2.68. The summed E-state index contributed by atoms with van der Waals surface area (Å²) in [5.74, 6) is 0.221. The van der Waals surface area contributed by atoms with Gasteiger partial charge in [-0.1, -0.05) is 23.6 Å². The minimum absolute atomic E-state index is 0.0379. The van der Waals surface area contributed by atoms with Crippen molar-refractivity contribution >= 4 is 11.6 Å². The van der Waals surface area contributed by atoms with Crippen molar-refractivity contribution in [2.45, 2.75) is 24.1 Å². The molecule has 2 aliphatic heterocycles. The minimum atomic E-state index is -4.59. The number of epoxide rings is 1. The van der Waals surface area contributed by atoms with Crippen LogP contribution in [0.15, 0.2) is 11.2 Å². The molecule has 0 aromatic carbocycles. The van der Waals surface area contributed by atoms with E-state index in [0.717, 1.165) is 0 Å². The molecule has 0 bridgehead atoms. The Balaban J connectivity index is 2.10. The van der Waals surface area contributed by atoms with Gasteiger partial charge in [0.1, 0.15) is 0 Å². The third kappa shape index (κ3) is 2.08. The molecule has 1 fully saturated rings. The Hall–Kier alpha value is -1.70. The monoisotopic (exact) mass is 334 g/mol. The summed E-state index contributed by atoms with van der Waals surface area (Å²) in [4.78, 5) is 6.46. The molecule has 10 heteroatoms. The van der Waals surface area contributed by atoms with Crippen molar-refractivity contribution in [3.8, 4) is 5.75 Å². The lowest BCUT2D eigenvalue weighted by Gasteiger charge is -2.21. The highest BCUT2D eigenvalue weighted by atomic mass is 35.5. The number of nitrogens with zero attached hydrogens (tertiary/aromatic N) is 4. The fourth-order valence-corrected chi connectivity index (χ4v) is 2.70. The Morgan fingerprint density at radius 3 is 2.73 bits per heavy atom. The lowest BCUT2D eigenvalue weighted by Crippen LogP contribution is -2.32. The maximum atomic E-state index is 13.2. The highest BCUT2D eigenvalue weighted by molar-refractivity contribution is 6.31. The molecule has 1 unspecified atom stereocenters.